The molecule has 1 N–H and O–H groups in total. The van der Waals surface area contributed by atoms with Gasteiger partial charge in [0, 0.05) is 29.8 Å². The molecular weight excluding hydrogens is 530 g/mol. The van der Waals surface area contributed by atoms with Gasteiger partial charge in [-0.3, -0.25) is 15.1 Å². The van der Waals surface area contributed by atoms with Crippen molar-refractivity contribution in [2.45, 2.75) is 26.2 Å². The van der Waals surface area contributed by atoms with Crippen LogP contribution in [0.15, 0.2) is 41.0 Å². The largest absolute Gasteiger partial charge is 0.477 e. The SMILES string of the molecule is COC(=O)c1cc(C)nc(-c2cnn(C)c2OCC2CC[C@@H](CNc3cc(Br)ccc3[N+](=O)[O-])C2)c1. The highest BCUT2D eigenvalue weighted by Gasteiger charge is 2.27. The summed E-state index contributed by atoms with van der Waals surface area (Å²) in [7, 11) is 3.16. The summed E-state index contributed by atoms with van der Waals surface area (Å²) < 4.78 is 13.5. The summed E-state index contributed by atoms with van der Waals surface area (Å²) >= 11 is 3.38. The Morgan fingerprint density at radius 1 is 1.28 bits per heavy atom. The van der Waals surface area contributed by atoms with Crippen molar-refractivity contribution in [3.05, 3.63) is 62.4 Å². The number of pyridine rings is 1. The van der Waals surface area contributed by atoms with Crippen molar-refractivity contribution >= 4 is 33.3 Å². The number of methoxy groups -OCH3 is 1. The quantitative estimate of drug-likeness (QED) is 0.217. The second kappa shape index (κ2) is 11.1. The average molecular weight is 558 g/mol. The number of nitrogens with zero attached hydrogens (tertiary/aromatic N) is 4. The van der Waals surface area contributed by atoms with E-state index in [1.807, 2.05) is 14.0 Å². The highest BCUT2D eigenvalue weighted by molar-refractivity contribution is 9.10. The summed E-state index contributed by atoms with van der Waals surface area (Å²) in [5.74, 6) is 0.916. The molecule has 0 bridgehead atoms. The average Bonchev–Trinajstić information content (AvgIpc) is 3.46. The van der Waals surface area contributed by atoms with Crippen LogP contribution in [-0.4, -0.2) is 45.9 Å². The first-order chi connectivity index (χ1) is 17.2. The summed E-state index contributed by atoms with van der Waals surface area (Å²) in [5.41, 5.74) is 3.02. The number of nitrogens with one attached hydrogen (secondary N) is 1. The number of rotatable bonds is 9. The van der Waals surface area contributed by atoms with Crippen LogP contribution in [0, 0.1) is 28.9 Å². The van der Waals surface area contributed by atoms with Crippen LogP contribution in [-0.2, 0) is 11.8 Å². The van der Waals surface area contributed by atoms with Crippen LogP contribution in [0.25, 0.3) is 11.3 Å². The van der Waals surface area contributed by atoms with Crippen LogP contribution >= 0.6 is 15.9 Å². The summed E-state index contributed by atoms with van der Waals surface area (Å²) in [6, 6.07) is 8.27. The third-order valence-electron chi connectivity index (χ3n) is 6.38. The van der Waals surface area contributed by atoms with Gasteiger partial charge < -0.3 is 14.8 Å². The van der Waals surface area contributed by atoms with Gasteiger partial charge in [0.05, 0.1) is 41.7 Å². The predicted molar refractivity (Wildman–Crippen MR) is 138 cm³/mol. The topological polar surface area (TPSA) is 121 Å². The zero-order valence-electron chi connectivity index (χ0n) is 20.4. The minimum atomic E-state index is -0.424. The summed E-state index contributed by atoms with van der Waals surface area (Å²) in [4.78, 5) is 27.6. The van der Waals surface area contributed by atoms with Crippen LogP contribution in [0.3, 0.4) is 0 Å². The second-order valence-corrected chi connectivity index (χ2v) is 9.93. The third kappa shape index (κ3) is 5.84. The van der Waals surface area contributed by atoms with E-state index in [4.69, 9.17) is 9.47 Å². The van der Waals surface area contributed by atoms with Crippen LogP contribution in [0.5, 0.6) is 5.88 Å². The standard InChI is InChI=1S/C25H28BrN5O5/c1-15-8-18(25(32)35-3)10-21(29-15)20-13-28-30(2)24(20)36-14-17-5-4-16(9-17)12-27-22-11-19(26)6-7-23(22)31(33)34/h6-8,10-11,13,16-17,27H,4-5,9,12,14H2,1-3H3/t16-,17?/m1/s1. The number of anilines is 1. The Hall–Kier alpha value is -3.47. The molecule has 2 heterocycles. The monoisotopic (exact) mass is 557 g/mol. The molecule has 36 heavy (non-hydrogen) atoms. The molecule has 0 saturated heterocycles. The van der Waals surface area contributed by atoms with Crippen LogP contribution < -0.4 is 10.1 Å². The maximum absolute atomic E-state index is 12.0. The van der Waals surface area contributed by atoms with E-state index in [0.29, 0.717) is 59.1 Å². The molecule has 0 spiro atoms. The molecule has 2 atom stereocenters. The van der Waals surface area contributed by atoms with E-state index in [1.165, 1.54) is 13.2 Å². The molecular formula is C25H28BrN5O5. The zero-order valence-corrected chi connectivity index (χ0v) is 21.9. The van der Waals surface area contributed by atoms with Gasteiger partial charge in [0.25, 0.3) is 5.69 Å². The molecule has 1 unspecified atom stereocenters. The Morgan fingerprint density at radius 2 is 2.06 bits per heavy atom. The minimum Gasteiger partial charge on any atom is -0.477 e. The van der Waals surface area contributed by atoms with Crippen LogP contribution in [0.2, 0.25) is 0 Å². The Kier molecular flexibility index (Phi) is 7.88. The van der Waals surface area contributed by atoms with E-state index in [1.54, 1.807) is 35.1 Å². The van der Waals surface area contributed by atoms with Gasteiger partial charge in [-0.25, -0.2) is 9.48 Å². The first kappa shape index (κ1) is 25.6. The van der Waals surface area contributed by atoms with Crippen molar-refractivity contribution in [2.75, 3.05) is 25.6 Å². The number of halogens is 1. The molecule has 3 aromatic rings. The molecule has 0 amide bonds. The normalized spacial score (nSPS) is 17.1. The molecule has 1 fully saturated rings. The number of aryl methyl sites for hydroxylation is 2. The van der Waals surface area contributed by atoms with E-state index in [-0.39, 0.29) is 10.6 Å². The van der Waals surface area contributed by atoms with Crippen LogP contribution in [0.4, 0.5) is 11.4 Å². The molecule has 4 rings (SSSR count). The molecule has 1 saturated carbocycles. The van der Waals surface area contributed by atoms with E-state index < -0.39 is 5.97 Å². The lowest BCUT2D eigenvalue weighted by atomic mass is 10.1. The van der Waals surface area contributed by atoms with E-state index in [9.17, 15) is 14.9 Å². The van der Waals surface area contributed by atoms with Gasteiger partial charge in [0.15, 0.2) is 0 Å². The molecule has 1 aliphatic rings. The third-order valence-corrected chi connectivity index (χ3v) is 6.87. The first-order valence-corrected chi connectivity index (χ1v) is 12.4. The van der Waals surface area contributed by atoms with Gasteiger partial charge in [0.2, 0.25) is 5.88 Å². The first-order valence-electron chi connectivity index (χ1n) is 11.6. The van der Waals surface area contributed by atoms with Crippen molar-refractivity contribution in [1.29, 1.82) is 0 Å². The Labute approximate surface area is 217 Å². The number of nitro groups is 1. The number of carbonyl (C=O) groups excluding carboxylic acids is 1. The maximum atomic E-state index is 12.0. The number of aromatic nitrogens is 3. The van der Waals surface area contributed by atoms with Crippen molar-refractivity contribution in [1.82, 2.24) is 14.8 Å². The molecule has 0 radical (unpaired) electrons. The smallest absolute Gasteiger partial charge is 0.337 e. The van der Waals surface area contributed by atoms with Gasteiger partial charge in [0.1, 0.15) is 5.69 Å². The Balaban J connectivity index is 1.38. The number of benzene rings is 1. The number of hydrogen-bond donors (Lipinski definition) is 1. The maximum Gasteiger partial charge on any atom is 0.337 e. The number of ether oxygens (including phenoxy) is 2. The fraction of sp³-hybridized carbons (Fsp3) is 0.400. The summed E-state index contributed by atoms with van der Waals surface area (Å²) in [5, 5.41) is 18.9. The zero-order chi connectivity index (χ0) is 25.8. The highest BCUT2D eigenvalue weighted by Crippen LogP contribution is 2.35. The molecule has 1 aliphatic carbocycles. The molecule has 1 aromatic carbocycles. The number of carbonyl (C=O) groups is 1. The van der Waals surface area contributed by atoms with E-state index in [2.05, 4.69) is 31.3 Å². The Morgan fingerprint density at radius 3 is 2.81 bits per heavy atom. The predicted octanol–water partition coefficient (Wildman–Crippen LogP) is 5.16. The van der Waals surface area contributed by atoms with E-state index >= 15 is 0 Å². The molecule has 10 nitrogen and oxygen atoms in total. The fourth-order valence-corrected chi connectivity index (χ4v) is 4.95. The van der Waals surface area contributed by atoms with Gasteiger partial charge >= 0.3 is 5.97 Å². The van der Waals surface area contributed by atoms with Gasteiger partial charge in [-0.15, -0.1) is 0 Å². The fourth-order valence-electron chi connectivity index (χ4n) is 4.59. The van der Waals surface area contributed by atoms with Crippen LogP contribution in [0.1, 0.15) is 35.3 Å². The minimum absolute atomic E-state index is 0.0694. The molecule has 2 aromatic heterocycles. The summed E-state index contributed by atoms with van der Waals surface area (Å²) in [6.07, 6.45) is 4.67. The second-order valence-electron chi connectivity index (χ2n) is 9.02. The molecule has 0 aliphatic heterocycles. The van der Waals surface area contributed by atoms with Crippen molar-refractivity contribution < 1.29 is 19.2 Å². The van der Waals surface area contributed by atoms with E-state index in [0.717, 1.165) is 23.7 Å². The van der Waals surface area contributed by atoms with Crippen molar-refractivity contribution in [3.8, 4) is 17.1 Å². The van der Waals surface area contributed by atoms with Crippen molar-refractivity contribution in [2.24, 2.45) is 18.9 Å². The summed E-state index contributed by atoms with van der Waals surface area (Å²) in [6.45, 7) is 3.01. The lowest BCUT2D eigenvalue weighted by Gasteiger charge is -2.15. The lowest BCUT2D eigenvalue weighted by Crippen LogP contribution is -2.15. The van der Waals surface area contributed by atoms with Crippen molar-refractivity contribution in [3.63, 3.8) is 0 Å². The number of nitro benzene ring substituents is 1. The number of esters is 1. The highest BCUT2D eigenvalue weighted by atomic mass is 79.9. The molecule has 190 valence electrons. The van der Waals surface area contributed by atoms with Gasteiger partial charge in [-0.1, -0.05) is 15.9 Å². The Bertz CT molecular complexity index is 1280. The van der Waals surface area contributed by atoms with Gasteiger partial charge in [-0.2, -0.15) is 5.10 Å². The lowest BCUT2D eigenvalue weighted by molar-refractivity contribution is -0.384. The molecule has 11 heteroatoms. The number of hydrogen-bond acceptors (Lipinski definition) is 8. The van der Waals surface area contributed by atoms with Gasteiger partial charge in [-0.05, 0) is 62.3 Å².